The lowest BCUT2D eigenvalue weighted by atomic mass is 10.0. The number of non-ortho nitro benzene ring substituents is 1. The summed E-state index contributed by atoms with van der Waals surface area (Å²) in [4.78, 5) is 34.3. The van der Waals surface area contributed by atoms with E-state index in [4.69, 9.17) is 0 Å². The third kappa shape index (κ3) is 4.25. The molecule has 3 rings (SSSR count). The lowest BCUT2D eigenvalue weighted by molar-refractivity contribution is -0.384. The van der Waals surface area contributed by atoms with Gasteiger partial charge in [0.2, 0.25) is 11.8 Å². The fourth-order valence-corrected chi connectivity index (χ4v) is 3.75. The van der Waals surface area contributed by atoms with Gasteiger partial charge in [-0.2, -0.15) is 5.10 Å². The highest BCUT2D eigenvalue weighted by Gasteiger charge is 2.54. The number of benzene rings is 1. The summed E-state index contributed by atoms with van der Waals surface area (Å²) in [5.74, 6) is 0.781. The predicted molar refractivity (Wildman–Crippen MR) is 96.5 cm³/mol. The third-order valence-corrected chi connectivity index (χ3v) is 5.09. The van der Waals surface area contributed by atoms with E-state index in [1.54, 1.807) is 6.92 Å². The Hall–Kier alpha value is -2.77. The topological polar surface area (TPSA) is 114 Å². The summed E-state index contributed by atoms with van der Waals surface area (Å²) >= 11 is 0. The molecule has 0 bridgehead atoms. The van der Waals surface area contributed by atoms with Crippen LogP contribution in [0, 0.1) is 27.9 Å². The Morgan fingerprint density at radius 3 is 2.38 bits per heavy atom. The van der Waals surface area contributed by atoms with Crippen molar-refractivity contribution in [2.45, 2.75) is 39.0 Å². The van der Waals surface area contributed by atoms with Crippen molar-refractivity contribution in [1.29, 1.82) is 0 Å². The Morgan fingerprint density at radius 1 is 1.19 bits per heavy atom. The highest BCUT2D eigenvalue weighted by atomic mass is 16.6. The van der Waals surface area contributed by atoms with Gasteiger partial charge in [0.1, 0.15) is 0 Å². The second-order valence-electron chi connectivity index (χ2n) is 6.99. The molecule has 2 unspecified atom stereocenters. The van der Waals surface area contributed by atoms with E-state index >= 15 is 0 Å². The van der Waals surface area contributed by atoms with Gasteiger partial charge >= 0.3 is 0 Å². The molecule has 138 valence electrons. The SMILES string of the molecule is C/C(CC(=O)Nc1ccc([N+](=O)[O-])cc1)=N/NC(=O)C1C2CCCCC21. The lowest BCUT2D eigenvalue weighted by Gasteiger charge is -2.05. The first-order valence-electron chi connectivity index (χ1n) is 8.83. The number of hydrogen-bond donors (Lipinski definition) is 2. The predicted octanol–water partition coefficient (Wildman–Crippen LogP) is 2.85. The van der Waals surface area contributed by atoms with Crippen molar-refractivity contribution in [2.24, 2.45) is 22.9 Å². The van der Waals surface area contributed by atoms with E-state index < -0.39 is 4.92 Å². The van der Waals surface area contributed by atoms with E-state index in [1.165, 1.54) is 37.1 Å². The standard InChI is InChI=1S/C18H22N4O4/c1-11(20-21-18(24)17-14-4-2-3-5-15(14)17)10-16(23)19-12-6-8-13(9-7-12)22(25)26/h6-9,14-15,17H,2-5,10H2,1H3,(H,19,23)(H,21,24)/b20-11-. The minimum Gasteiger partial charge on any atom is -0.326 e. The van der Waals surface area contributed by atoms with Crippen molar-refractivity contribution < 1.29 is 14.5 Å². The molecule has 1 aromatic carbocycles. The van der Waals surface area contributed by atoms with Crippen LogP contribution in [-0.2, 0) is 9.59 Å². The minimum absolute atomic E-state index is 0.0365. The molecule has 2 fully saturated rings. The maximum absolute atomic E-state index is 12.2. The van der Waals surface area contributed by atoms with Crippen LogP contribution in [0.25, 0.3) is 0 Å². The summed E-state index contributed by atoms with van der Waals surface area (Å²) in [5.41, 5.74) is 3.52. The summed E-state index contributed by atoms with van der Waals surface area (Å²) in [6.45, 7) is 1.68. The summed E-state index contributed by atoms with van der Waals surface area (Å²) in [7, 11) is 0. The summed E-state index contributed by atoms with van der Waals surface area (Å²) in [5, 5.41) is 17.3. The van der Waals surface area contributed by atoms with Crippen LogP contribution in [0.3, 0.4) is 0 Å². The Morgan fingerprint density at radius 2 is 1.81 bits per heavy atom. The molecule has 2 atom stereocenters. The first kappa shape index (κ1) is 18.0. The molecule has 0 heterocycles. The normalized spacial score (nSPS) is 24.3. The van der Waals surface area contributed by atoms with Crippen molar-refractivity contribution in [2.75, 3.05) is 5.32 Å². The molecule has 0 aromatic heterocycles. The number of amides is 2. The van der Waals surface area contributed by atoms with Gasteiger partial charge in [-0.1, -0.05) is 12.8 Å². The summed E-state index contributed by atoms with van der Waals surface area (Å²) in [6, 6.07) is 5.59. The average molecular weight is 358 g/mol. The molecule has 2 amide bonds. The highest BCUT2D eigenvalue weighted by molar-refractivity contribution is 6.05. The number of nitrogens with zero attached hydrogens (tertiary/aromatic N) is 2. The van der Waals surface area contributed by atoms with E-state index in [9.17, 15) is 19.7 Å². The smallest absolute Gasteiger partial charge is 0.269 e. The van der Waals surface area contributed by atoms with Crippen molar-refractivity contribution >= 4 is 28.9 Å². The molecular weight excluding hydrogens is 336 g/mol. The Labute approximate surface area is 151 Å². The fraction of sp³-hybridized carbons (Fsp3) is 0.500. The molecule has 0 aliphatic heterocycles. The van der Waals surface area contributed by atoms with Crippen LogP contribution in [0.2, 0.25) is 0 Å². The van der Waals surface area contributed by atoms with Crippen molar-refractivity contribution in [3.05, 3.63) is 34.4 Å². The Balaban J connectivity index is 1.45. The maximum atomic E-state index is 12.2. The lowest BCUT2D eigenvalue weighted by Crippen LogP contribution is -2.23. The first-order chi connectivity index (χ1) is 12.5. The third-order valence-electron chi connectivity index (χ3n) is 5.09. The monoisotopic (exact) mass is 358 g/mol. The van der Waals surface area contributed by atoms with Gasteiger partial charge in [-0.3, -0.25) is 19.7 Å². The van der Waals surface area contributed by atoms with E-state index in [0.717, 1.165) is 12.8 Å². The molecule has 2 saturated carbocycles. The number of nitro benzene ring substituents is 1. The van der Waals surface area contributed by atoms with Gasteiger partial charge in [-0.05, 0) is 43.7 Å². The van der Waals surface area contributed by atoms with Gasteiger partial charge in [0.25, 0.3) is 5.69 Å². The molecule has 8 heteroatoms. The molecule has 2 aliphatic rings. The number of nitrogens with one attached hydrogen (secondary N) is 2. The van der Waals surface area contributed by atoms with Crippen LogP contribution in [-0.4, -0.2) is 22.4 Å². The second kappa shape index (κ2) is 7.63. The van der Waals surface area contributed by atoms with Crippen molar-refractivity contribution in [1.82, 2.24) is 5.43 Å². The summed E-state index contributed by atoms with van der Waals surface area (Å²) in [6.07, 6.45) is 4.70. The second-order valence-corrected chi connectivity index (χ2v) is 6.99. The quantitative estimate of drug-likeness (QED) is 0.462. The van der Waals surface area contributed by atoms with Gasteiger partial charge in [-0.25, -0.2) is 5.43 Å². The van der Waals surface area contributed by atoms with Crippen LogP contribution >= 0.6 is 0 Å². The van der Waals surface area contributed by atoms with Crippen LogP contribution in [0.4, 0.5) is 11.4 Å². The van der Waals surface area contributed by atoms with Crippen molar-refractivity contribution in [3.63, 3.8) is 0 Å². The van der Waals surface area contributed by atoms with Gasteiger partial charge in [0, 0.05) is 29.4 Å². The number of hydrazone groups is 1. The molecule has 8 nitrogen and oxygen atoms in total. The number of fused-ring (bicyclic) bond motifs is 1. The van der Waals surface area contributed by atoms with Gasteiger partial charge in [0.05, 0.1) is 11.3 Å². The number of carbonyl (C=O) groups excluding carboxylic acids is 2. The zero-order chi connectivity index (χ0) is 18.7. The molecular formula is C18H22N4O4. The summed E-state index contributed by atoms with van der Waals surface area (Å²) < 4.78 is 0. The van der Waals surface area contributed by atoms with E-state index in [0.29, 0.717) is 23.2 Å². The van der Waals surface area contributed by atoms with Gasteiger partial charge in [-0.15, -0.1) is 0 Å². The highest BCUT2D eigenvalue weighted by Crippen LogP contribution is 2.55. The van der Waals surface area contributed by atoms with Crippen LogP contribution in [0.1, 0.15) is 39.0 Å². The first-order valence-corrected chi connectivity index (χ1v) is 8.83. The number of anilines is 1. The zero-order valence-electron chi connectivity index (χ0n) is 14.6. The van der Waals surface area contributed by atoms with Gasteiger partial charge < -0.3 is 5.32 Å². The molecule has 1 aromatic rings. The van der Waals surface area contributed by atoms with Crippen LogP contribution in [0.15, 0.2) is 29.4 Å². The molecule has 2 N–H and O–H groups in total. The van der Waals surface area contributed by atoms with E-state index in [2.05, 4.69) is 15.8 Å². The molecule has 0 saturated heterocycles. The van der Waals surface area contributed by atoms with Crippen molar-refractivity contribution in [3.8, 4) is 0 Å². The number of hydrogen-bond acceptors (Lipinski definition) is 5. The zero-order valence-corrected chi connectivity index (χ0v) is 14.6. The average Bonchev–Trinajstić information content (AvgIpc) is 3.34. The number of nitro groups is 1. The van der Waals surface area contributed by atoms with E-state index in [-0.39, 0.29) is 29.8 Å². The number of carbonyl (C=O) groups is 2. The van der Waals surface area contributed by atoms with E-state index in [1.807, 2.05) is 0 Å². The molecule has 26 heavy (non-hydrogen) atoms. The molecule has 0 spiro atoms. The van der Waals surface area contributed by atoms with Crippen LogP contribution < -0.4 is 10.7 Å². The molecule has 2 aliphatic carbocycles. The van der Waals surface area contributed by atoms with Crippen LogP contribution in [0.5, 0.6) is 0 Å². The fourth-order valence-electron chi connectivity index (χ4n) is 3.75. The molecule has 0 radical (unpaired) electrons. The maximum Gasteiger partial charge on any atom is 0.269 e. The minimum atomic E-state index is -0.499. The largest absolute Gasteiger partial charge is 0.326 e. The Bertz CT molecular complexity index is 732. The Kier molecular flexibility index (Phi) is 5.29. The van der Waals surface area contributed by atoms with Gasteiger partial charge in [0.15, 0.2) is 0 Å². The number of rotatable bonds is 6.